The van der Waals surface area contributed by atoms with E-state index < -0.39 is 0 Å². The van der Waals surface area contributed by atoms with E-state index in [4.69, 9.17) is 5.73 Å². The van der Waals surface area contributed by atoms with Crippen LogP contribution in [0, 0.1) is 6.92 Å². The molecule has 2 aromatic carbocycles. The molecule has 2 aromatic rings. The number of halogens is 1. The monoisotopic (exact) mass is 275 g/mol. The summed E-state index contributed by atoms with van der Waals surface area (Å²) >= 11 is 3.42. The highest BCUT2D eigenvalue weighted by Gasteiger charge is 2.08. The minimum atomic E-state index is -0.0481. The Morgan fingerprint density at radius 1 is 1.00 bits per heavy atom. The zero-order valence-corrected chi connectivity index (χ0v) is 10.7. The molecule has 82 valence electrons. The first-order valence-electron chi connectivity index (χ1n) is 5.24. The summed E-state index contributed by atoms with van der Waals surface area (Å²) in [6.45, 7) is 2.08. The van der Waals surface area contributed by atoms with Crippen LogP contribution in [0.3, 0.4) is 0 Å². The van der Waals surface area contributed by atoms with E-state index in [-0.39, 0.29) is 6.04 Å². The first-order valence-corrected chi connectivity index (χ1v) is 6.04. The van der Waals surface area contributed by atoms with Crippen LogP contribution in [0.2, 0.25) is 0 Å². The Kier molecular flexibility index (Phi) is 3.42. The highest BCUT2D eigenvalue weighted by Crippen LogP contribution is 2.21. The second-order valence-electron chi connectivity index (χ2n) is 3.94. The topological polar surface area (TPSA) is 26.0 Å². The van der Waals surface area contributed by atoms with Crippen LogP contribution in [0.15, 0.2) is 53.0 Å². The van der Waals surface area contributed by atoms with E-state index in [1.807, 2.05) is 18.2 Å². The molecule has 0 aliphatic heterocycles. The summed E-state index contributed by atoms with van der Waals surface area (Å²) in [4.78, 5) is 0. The van der Waals surface area contributed by atoms with Gasteiger partial charge in [0.2, 0.25) is 0 Å². The molecule has 2 N–H and O–H groups in total. The smallest absolute Gasteiger partial charge is 0.0551 e. The summed E-state index contributed by atoms with van der Waals surface area (Å²) < 4.78 is 1.08. The molecule has 0 aromatic heterocycles. The molecule has 1 unspecified atom stereocenters. The zero-order valence-electron chi connectivity index (χ0n) is 9.15. The third-order valence-electron chi connectivity index (χ3n) is 2.63. The third kappa shape index (κ3) is 2.52. The fraction of sp³-hybridized carbons (Fsp3) is 0.143. The van der Waals surface area contributed by atoms with Crippen LogP contribution >= 0.6 is 15.9 Å². The van der Waals surface area contributed by atoms with Gasteiger partial charge in [-0.2, -0.15) is 0 Å². The van der Waals surface area contributed by atoms with Gasteiger partial charge in [-0.15, -0.1) is 0 Å². The van der Waals surface area contributed by atoms with Crippen molar-refractivity contribution in [3.05, 3.63) is 69.7 Å². The quantitative estimate of drug-likeness (QED) is 0.887. The predicted octanol–water partition coefficient (Wildman–Crippen LogP) is 3.81. The molecule has 0 bridgehead atoms. The first kappa shape index (κ1) is 11.4. The van der Waals surface area contributed by atoms with E-state index in [1.54, 1.807) is 0 Å². The molecule has 0 radical (unpaired) electrons. The SMILES string of the molecule is Cc1cccc(C(N)c2ccc(Br)cc2)c1. The van der Waals surface area contributed by atoms with Gasteiger partial charge in [0.25, 0.3) is 0 Å². The van der Waals surface area contributed by atoms with Crippen molar-refractivity contribution < 1.29 is 0 Å². The van der Waals surface area contributed by atoms with Crippen molar-refractivity contribution in [1.29, 1.82) is 0 Å². The van der Waals surface area contributed by atoms with Crippen LogP contribution in [0.4, 0.5) is 0 Å². The summed E-state index contributed by atoms with van der Waals surface area (Å²) in [5, 5.41) is 0. The van der Waals surface area contributed by atoms with Crippen LogP contribution in [0.1, 0.15) is 22.7 Å². The highest BCUT2D eigenvalue weighted by atomic mass is 79.9. The van der Waals surface area contributed by atoms with E-state index in [9.17, 15) is 0 Å². The van der Waals surface area contributed by atoms with E-state index in [0.29, 0.717) is 0 Å². The van der Waals surface area contributed by atoms with Crippen LogP contribution in [-0.2, 0) is 0 Å². The maximum Gasteiger partial charge on any atom is 0.0551 e. The Morgan fingerprint density at radius 3 is 2.31 bits per heavy atom. The molecule has 2 heteroatoms. The molecule has 1 nitrogen and oxygen atoms in total. The van der Waals surface area contributed by atoms with Crippen LogP contribution < -0.4 is 5.73 Å². The van der Waals surface area contributed by atoms with E-state index in [0.717, 1.165) is 15.6 Å². The van der Waals surface area contributed by atoms with Crippen LogP contribution in [0.25, 0.3) is 0 Å². The molecule has 0 heterocycles. The summed E-state index contributed by atoms with van der Waals surface area (Å²) in [5.74, 6) is 0. The summed E-state index contributed by atoms with van der Waals surface area (Å²) in [6, 6.07) is 16.4. The lowest BCUT2D eigenvalue weighted by Crippen LogP contribution is -2.11. The molecule has 0 fully saturated rings. The van der Waals surface area contributed by atoms with Gasteiger partial charge in [0, 0.05) is 4.47 Å². The second-order valence-corrected chi connectivity index (χ2v) is 4.86. The summed E-state index contributed by atoms with van der Waals surface area (Å²) in [5.41, 5.74) is 9.75. The van der Waals surface area contributed by atoms with Crippen LogP contribution in [-0.4, -0.2) is 0 Å². The molecular weight excluding hydrogens is 262 g/mol. The average Bonchev–Trinajstić information content (AvgIpc) is 2.29. The second kappa shape index (κ2) is 4.81. The number of hydrogen-bond donors (Lipinski definition) is 1. The number of hydrogen-bond acceptors (Lipinski definition) is 1. The lowest BCUT2D eigenvalue weighted by Gasteiger charge is -2.13. The molecule has 0 saturated carbocycles. The molecule has 0 aliphatic rings. The van der Waals surface area contributed by atoms with Crippen molar-refractivity contribution in [3.63, 3.8) is 0 Å². The van der Waals surface area contributed by atoms with Gasteiger partial charge in [0.1, 0.15) is 0 Å². The summed E-state index contributed by atoms with van der Waals surface area (Å²) in [6.07, 6.45) is 0. The van der Waals surface area contributed by atoms with Crippen molar-refractivity contribution >= 4 is 15.9 Å². The maximum absolute atomic E-state index is 6.22. The Labute approximate surface area is 104 Å². The van der Waals surface area contributed by atoms with Gasteiger partial charge in [-0.3, -0.25) is 0 Å². The van der Waals surface area contributed by atoms with Gasteiger partial charge in [-0.1, -0.05) is 57.9 Å². The molecule has 2 rings (SSSR count). The zero-order chi connectivity index (χ0) is 11.5. The predicted molar refractivity (Wildman–Crippen MR) is 71.4 cm³/mol. The van der Waals surface area contributed by atoms with Gasteiger partial charge in [-0.25, -0.2) is 0 Å². The average molecular weight is 276 g/mol. The van der Waals surface area contributed by atoms with Gasteiger partial charge in [0.15, 0.2) is 0 Å². The number of nitrogens with two attached hydrogens (primary N) is 1. The molecule has 0 amide bonds. The fourth-order valence-electron chi connectivity index (χ4n) is 1.73. The third-order valence-corrected chi connectivity index (χ3v) is 3.16. The molecule has 0 spiro atoms. The minimum absolute atomic E-state index is 0.0481. The van der Waals surface area contributed by atoms with Crippen molar-refractivity contribution in [2.75, 3.05) is 0 Å². The summed E-state index contributed by atoms with van der Waals surface area (Å²) in [7, 11) is 0. The largest absolute Gasteiger partial charge is 0.320 e. The van der Waals surface area contributed by atoms with Crippen molar-refractivity contribution in [1.82, 2.24) is 0 Å². The van der Waals surface area contributed by atoms with E-state index in [2.05, 4.69) is 53.2 Å². The Morgan fingerprint density at radius 2 is 1.69 bits per heavy atom. The van der Waals surface area contributed by atoms with Crippen molar-refractivity contribution in [2.45, 2.75) is 13.0 Å². The maximum atomic E-state index is 6.22. The van der Waals surface area contributed by atoms with Gasteiger partial charge >= 0.3 is 0 Å². The highest BCUT2D eigenvalue weighted by molar-refractivity contribution is 9.10. The number of aryl methyl sites for hydroxylation is 1. The van der Waals surface area contributed by atoms with Gasteiger partial charge in [-0.05, 0) is 30.2 Å². The molecule has 0 aliphatic carbocycles. The van der Waals surface area contributed by atoms with Gasteiger partial charge < -0.3 is 5.73 Å². The fourth-order valence-corrected chi connectivity index (χ4v) is 1.99. The lowest BCUT2D eigenvalue weighted by atomic mass is 9.98. The number of rotatable bonds is 2. The lowest BCUT2D eigenvalue weighted by molar-refractivity contribution is 0.869. The molecular formula is C14H14BrN. The molecule has 16 heavy (non-hydrogen) atoms. The first-order chi connectivity index (χ1) is 7.66. The van der Waals surface area contributed by atoms with Crippen LogP contribution in [0.5, 0.6) is 0 Å². The number of benzene rings is 2. The van der Waals surface area contributed by atoms with Crippen molar-refractivity contribution in [3.8, 4) is 0 Å². The standard InChI is InChI=1S/C14H14BrN/c1-10-3-2-4-12(9-10)14(16)11-5-7-13(15)8-6-11/h2-9,14H,16H2,1H3. The van der Waals surface area contributed by atoms with Gasteiger partial charge in [0.05, 0.1) is 6.04 Å². The molecule has 1 atom stereocenters. The Balaban J connectivity index is 2.31. The Bertz CT molecular complexity index is 476. The van der Waals surface area contributed by atoms with E-state index >= 15 is 0 Å². The van der Waals surface area contributed by atoms with E-state index in [1.165, 1.54) is 5.56 Å². The van der Waals surface area contributed by atoms with Crippen molar-refractivity contribution in [2.24, 2.45) is 5.73 Å². The Hall–Kier alpha value is -1.12. The molecule has 0 saturated heterocycles. The normalized spacial score (nSPS) is 12.4. The minimum Gasteiger partial charge on any atom is -0.320 e.